The van der Waals surface area contributed by atoms with E-state index in [9.17, 15) is 0 Å². The number of hydrogen-bond acceptors (Lipinski definition) is 3. The molecule has 3 heteroatoms. The first-order valence-corrected chi connectivity index (χ1v) is 6.78. The second-order valence-electron chi connectivity index (χ2n) is 4.94. The van der Waals surface area contributed by atoms with E-state index in [0.717, 1.165) is 32.7 Å². The molecule has 2 N–H and O–H groups in total. The van der Waals surface area contributed by atoms with Crippen molar-refractivity contribution in [3.05, 3.63) is 0 Å². The predicted octanol–water partition coefficient (Wildman–Crippen LogP) is 1.86. The monoisotopic (exact) mass is 228 g/mol. The van der Waals surface area contributed by atoms with Crippen LogP contribution >= 0.6 is 0 Å². The molecule has 0 aliphatic carbocycles. The summed E-state index contributed by atoms with van der Waals surface area (Å²) in [6.45, 7) is 10.4. The third kappa shape index (κ3) is 3.44. The summed E-state index contributed by atoms with van der Waals surface area (Å²) in [5.41, 5.74) is 5.97. The van der Waals surface area contributed by atoms with Crippen molar-refractivity contribution in [2.45, 2.75) is 52.1 Å². The summed E-state index contributed by atoms with van der Waals surface area (Å²) in [5.74, 6) is 0.696. The lowest BCUT2D eigenvalue weighted by molar-refractivity contribution is -0.0395. The first-order chi connectivity index (χ1) is 7.74. The van der Waals surface area contributed by atoms with Crippen LogP contribution in [-0.4, -0.2) is 43.3 Å². The van der Waals surface area contributed by atoms with Gasteiger partial charge in [0.1, 0.15) is 0 Å². The zero-order valence-corrected chi connectivity index (χ0v) is 11.1. The quantitative estimate of drug-likeness (QED) is 0.754. The summed E-state index contributed by atoms with van der Waals surface area (Å²) in [4.78, 5) is 2.59. The topological polar surface area (TPSA) is 38.5 Å². The highest BCUT2D eigenvalue weighted by Crippen LogP contribution is 2.21. The molecule has 0 aromatic rings. The maximum atomic E-state index is 5.97. The van der Waals surface area contributed by atoms with Gasteiger partial charge in [0.15, 0.2) is 0 Å². The van der Waals surface area contributed by atoms with Crippen molar-refractivity contribution < 1.29 is 4.74 Å². The van der Waals surface area contributed by atoms with Crippen LogP contribution in [0.3, 0.4) is 0 Å². The molecule has 0 aromatic carbocycles. The first kappa shape index (κ1) is 13.9. The molecular weight excluding hydrogens is 200 g/mol. The Morgan fingerprint density at radius 3 is 2.75 bits per heavy atom. The fraction of sp³-hybridized carbons (Fsp3) is 1.00. The molecule has 3 unspecified atom stereocenters. The van der Waals surface area contributed by atoms with Crippen molar-refractivity contribution in [3.8, 4) is 0 Å². The van der Waals surface area contributed by atoms with Crippen molar-refractivity contribution in [2.24, 2.45) is 11.7 Å². The molecule has 0 radical (unpaired) electrons. The van der Waals surface area contributed by atoms with Gasteiger partial charge in [0.25, 0.3) is 0 Å². The van der Waals surface area contributed by atoms with Crippen LogP contribution in [0.5, 0.6) is 0 Å². The molecule has 0 amide bonds. The van der Waals surface area contributed by atoms with Crippen molar-refractivity contribution >= 4 is 0 Å². The highest BCUT2D eigenvalue weighted by atomic mass is 16.5. The van der Waals surface area contributed by atoms with Crippen LogP contribution < -0.4 is 5.73 Å². The maximum Gasteiger partial charge on any atom is 0.0622 e. The number of morpholine rings is 1. The minimum Gasteiger partial charge on any atom is -0.378 e. The maximum absolute atomic E-state index is 5.97. The van der Waals surface area contributed by atoms with Crippen molar-refractivity contribution in [2.75, 3.05) is 26.3 Å². The molecule has 0 spiro atoms. The van der Waals surface area contributed by atoms with E-state index in [1.54, 1.807) is 0 Å². The largest absolute Gasteiger partial charge is 0.378 e. The lowest BCUT2D eigenvalue weighted by atomic mass is 9.93. The molecule has 1 rings (SSSR count). The third-order valence-electron chi connectivity index (χ3n) is 3.81. The SMILES string of the molecule is CCCC(C)C(CN)N1CCOCC1CC. The summed E-state index contributed by atoms with van der Waals surface area (Å²) in [5, 5.41) is 0. The van der Waals surface area contributed by atoms with Gasteiger partial charge in [-0.15, -0.1) is 0 Å². The van der Waals surface area contributed by atoms with Crippen molar-refractivity contribution in [1.82, 2.24) is 4.90 Å². The van der Waals surface area contributed by atoms with Gasteiger partial charge in [0.05, 0.1) is 13.2 Å². The highest BCUT2D eigenvalue weighted by Gasteiger charge is 2.30. The van der Waals surface area contributed by atoms with Crippen LogP contribution in [0.15, 0.2) is 0 Å². The number of nitrogens with zero attached hydrogens (tertiary/aromatic N) is 1. The summed E-state index contributed by atoms with van der Waals surface area (Å²) >= 11 is 0. The average Bonchev–Trinajstić information content (AvgIpc) is 2.31. The number of ether oxygens (including phenoxy) is 1. The molecule has 96 valence electrons. The van der Waals surface area contributed by atoms with E-state index in [4.69, 9.17) is 10.5 Å². The van der Waals surface area contributed by atoms with Crippen LogP contribution in [-0.2, 0) is 4.74 Å². The van der Waals surface area contributed by atoms with E-state index in [-0.39, 0.29) is 0 Å². The van der Waals surface area contributed by atoms with Gasteiger partial charge in [0.2, 0.25) is 0 Å². The van der Waals surface area contributed by atoms with Gasteiger partial charge in [-0.3, -0.25) is 4.90 Å². The second-order valence-corrected chi connectivity index (χ2v) is 4.94. The number of nitrogens with two attached hydrogens (primary N) is 1. The van der Waals surface area contributed by atoms with E-state index in [0.29, 0.717) is 18.0 Å². The fourth-order valence-electron chi connectivity index (χ4n) is 2.80. The standard InChI is InChI=1S/C13H28N2O/c1-4-6-11(3)13(9-14)15-7-8-16-10-12(15)5-2/h11-13H,4-10,14H2,1-3H3. The van der Waals surface area contributed by atoms with Gasteiger partial charge in [-0.1, -0.05) is 27.2 Å². The number of rotatable bonds is 6. The Labute approximate surface area is 100 Å². The Morgan fingerprint density at radius 1 is 1.44 bits per heavy atom. The van der Waals surface area contributed by atoms with Gasteiger partial charge in [-0.25, -0.2) is 0 Å². The normalized spacial score (nSPS) is 26.6. The molecular formula is C13H28N2O. The van der Waals surface area contributed by atoms with E-state index >= 15 is 0 Å². The molecule has 1 aliphatic rings. The molecule has 1 heterocycles. The van der Waals surface area contributed by atoms with Gasteiger partial charge in [0, 0.05) is 25.2 Å². The van der Waals surface area contributed by atoms with Crippen LogP contribution in [0, 0.1) is 5.92 Å². The molecule has 1 saturated heterocycles. The molecule has 0 bridgehead atoms. The fourth-order valence-corrected chi connectivity index (χ4v) is 2.80. The molecule has 0 aromatic heterocycles. The Kier molecular flexibility index (Phi) is 6.32. The Balaban J connectivity index is 2.61. The molecule has 3 nitrogen and oxygen atoms in total. The molecule has 1 aliphatic heterocycles. The third-order valence-corrected chi connectivity index (χ3v) is 3.81. The van der Waals surface area contributed by atoms with Crippen LogP contribution in [0.1, 0.15) is 40.0 Å². The molecule has 3 atom stereocenters. The lowest BCUT2D eigenvalue weighted by Crippen LogP contribution is -2.55. The first-order valence-electron chi connectivity index (χ1n) is 6.78. The smallest absolute Gasteiger partial charge is 0.0622 e. The number of hydrogen-bond donors (Lipinski definition) is 1. The van der Waals surface area contributed by atoms with E-state index in [2.05, 4.69) is 25.7 Å². The van der Waals surface area contributed by atoms with Crippen LogP contribution in [0.25, 0.3) is 0 Å². The minimum absolute atomic E-state index is 0.536. The Morgan fingerprint density at radius 2 is 2.19 bits per heavy atom. The van der Waals surface area contributed by atoms with Crippen molar-refractivity contribution in [3.63, 3.8) is 0 Å². The molecule has 0 saturated carbocycles. The summed E-state index contributed by atoms with van der Waals surface area (Å²) in [7, 11) is 0. The van der Waals surface area contributed by atoms with E-state index in [1.165, 1.54) is 12.8 Å². The predicted molar refractivity (Wildman–Crippen MR) is 68.5 cm³/mol. The summed E-state index contributed by atoms with van der Waals surface area (Å²) in [6, 6.07) is 1.11. The van der Waals surface area contributed by atoms with E-state index < -0.39 is 0 Å². The van der Waals surface area contributed by atoms with Crippen LogP contribution in [0.2, 0.25) is 0 Å². The lowest BCUT2D eigenvalue weighted by Gasteiger charge is -2.42. The average molecular weight is 228 g/mol. The zero-order valence-electron chi connectivity index (χ0n) is 11.1. The van der Waals surface area contributed by atoms with E-state index in [1.807, 2.05) is 0 Å². The van der Waals surface area contributed by atoms with Gasteiger partial charge >= 0.3 is 0 Å². The summed E-state index contributed by atoms with van der Waals surface area (Å²) in [6.07, 6.45) is 3.68. The summed E-state index contributed by atoms with van der Waals surface area (Å²) < 4.78 is 5.56. The molecule has 1 fully saturated rings. The van der Waals surface area contributed by atoms with Gasteiger partial charge in [-0.05, 0) is 18.8 Å². The van der Waals surface area contributed by atoms with Gasteiger partial charge in [-0.2, -0.15) is 0 Å². The second kappa shape index (κ2) is 7.25. The van der Waals surface area contributed by atoms with Crippen LogP contribution in [0.4, 0.5) is 0 Å². The minimum atomic E-state index is 0.536. The highest BCUT2D eigenvalue weighted by molar-refractivity contribution is 4.84. The Hall–Kier alpha value is -0.120. The van der Waals surface area contributed by atoms with Crippen molar-refractivity contribution in [1.29, 1.82) is 0 Å². The Bertz CT molecular complexity index is 187. The van der Waals surface area contributed by atoms with Gasteiger partial charge < -0.3 is 10.5 Å². The zero-order chi connectivity index (χ0) is 12.0. The molecule has 16 heavy (non-hydrogen) atoms.